The number of carbonyl (C=O) groups excluding carboxylic acids is 3. The Bertz CT molecular complexity index is 1000. The maximum Gasteiger partial charge on any atom is 0.306 e. The highest BCUT2D eigenvalue weighted by atomic mass is 16.6. The number of hydrogen-bond donors (Lipinski definition) is 0. The summed E-state index contributed by atoms with van der Waals surface area (Å²) in [5.41, 5.74) is 0. The molecule has 0 aromatic rings. The predicted molar refractivity (Wildman–Crippen MR) is 266 cm³/mol. The second-order valence-electron chi connectivity index (χ2n) is 18.5. The molecule has 0 N–H and O–H groups in total. The lowest BCUT2D eigenvalue weighted by atomic mass is 10.0. The third kappa shape index (κ3) is 48.9. The molecule has 0 bridgehead atoms. The van der Waals surface area contributed by atoms with E-state index >= 15 is 0 Å². The van der Waals surface area contributed by atoms with E-state index in [0.717, 1.165) is 70.6 Å². The monoisotopic (exact) mass is 873 g/mol. The molecular weight excluding hydrogens is 769 g/mol. The summed E-state index contributed by atoms with van der Waals surface area (Å²) in [5, 5.41) is 0. The van der Waals surface area contributed by atoms with Gasteiger partial charge in [-0.3, -0.25) is 14.4 Å². The molecule has 6 nitrogen and oxygen atoms in total. The van der Waals surface area contributed by atoms with Crippen molar-refractivity contribution in [2.45, 2.75) is 303 Å². The first-order valence-electron chi connectivity index (χ1n) is 27.3. The molecule has 0 amide bonds. The molecule has 0 radical (unpaired) electrons. The number of rotatable bonds is 50. The minimum Gasteiger partial charge on any atom is -0.462 e. The van der Waals surface area contributed by atoms with Gasteiger partial charge in [0.05, 0.1) is 0 Å². The molecule has 0 spiro atoms. The molecule has 0 rings (SSSR count). The zero-order valence-corrected chi connectivity index (χ0v) is 41.7. The van der Waals surface area contributed by atoms with Crippen LogP contribution in [0, 0.1) is 0 Å². The largest absolute Gasteiger partial charge is 0.462 e. The lowest BCUT2D eigenvalue weighted by Crippen LogP contribution is -2.30. The summed E-state index contributed by atoms with van der Waals surface area (Å²) in [5.74, 6) is -0.876. The summed E-state index contributed by atoms with van der Waals surface area (Å²) in [4.78, 5) is 38.0. The molecule has 0 aromatic carbocycles. The fraction of sp³-hybridized carbons (Fsp3) is 0.875. The fourth-order valence-corrected chi connectivity index (χ4v) is 8.01. The van der Waals surface area contributed by atoms with E-state index in [2.05, 4.69) is 45.1 Å². The molecule has 1 atom stereocenters. The van der Waals surface area contributed by atoms with Crippen LogP contribution < -0.4 is 0 Å². The van der Waals surface area contributed by atoms with Crippen molar-refractivity contribution in [3.63, 3.8) is 0 Å². The van der Waals surface area contributed by atoms with E-state index in [4.69, 9.17) is 14.2 Å². The highest BCUT2D eigenvalue weighted by molar-refractivity contribution is 5.71. The highest BCUT2D eigenvalue weighted by Crippen LogP contribution is 2.16. The Hall–Kier alpha value is -2.11. The van der Waals surface area contributed by atoms with Gasteiger partial charge in [0.2, 0.25) is 0 Å². The van der Waals surface area contributed by atoms with Gasteiger partial charge in [-0.1, -0.05) is 238 Å². The van der Waals surface area contributed by atoms with Crippen LogP contribution >= 0.6 is 0 Å². The molecule has 0 saturated heterocycles. The van der Waals surface area contributed by atoms with E-state index in [0.29, 0.717) is 19.3 Å². The standard InChI is InChI=1S/C56H104O6/c1-4-7-10-13-16-19-22-24-26-28-30-31-34-37-40-43-46-49-55(58)61-52-53(51-60-54(57)48-45-42-39-36-33-21-18-15-12-9-6-3)62-56(59)50-47-44-41-38-35-32-29-27-25-23-20-17-14-11-8-5-2/h15,18,27,29,53H,4-14,16-17,19-26,28,30-52H2,1-3H3/b18-15-,29-27-. The molecule has 0 saturated carbocycles. The zero-order chi connectivity index (χ0) is 45.1. The van der Waals surface area contributed by atoms with Crippen LogP contribution in [0.3, 0.4) is 0 Å². The van der Waals surface area contributed by atoms with Crippen molar-refractivity contribution in [3.8, 4) is 0 Å². The number of unbranched alkanes of at least 4 members (excludes halogenated alkanes) is 35. The minimum atomic E-state index is -0.774. The van der Waals surface area contributed by atoms with Crippen molar-refractivity contribution in [3.05, 3.63) is 24.3 Å². The predicted octanol–water partition coefficient (Wildman–Crippen LogP) is 17.9. The summed E-state index contributed by atoms with van der Waals surface area (Å²) in [6.45, 7) is 6.62. The molecular formula is C56H104O6. The first-order chi connectivity index (χ1) is 30.5. The summed E-state index contributed by atoms with van der Waals surface area (Å²) in [6.07, 6.45) is 58.8. The molecule has 0 heterocycles. The van der Waals surface area contributed by atoms with Crippen molar-refractivity contribution >= 4 is 17.9 Å². The smallest absolute Gasteiger partial charge is 0.306 e. The molecule has 0 aliphatic rings. The molecule has 0 aromatic heterocycles. The van der Waals surface area contributed by atoms with Crippen LogP contribution in [0.15, 0.2) is 24.3 Å². The highest BCUT2D eigenvalue weighted by Gasteiger charge is 2.19. The van der Waals surface area contributed by atoms with E-state index in [9.17, 15) is 14.4 Å². The van der Waals surface area contributed by atoms with Crippen LogP contribution in [0.25, 0.3) is 0 Å². The lowest BCUT2D eigenvalue weighted by molar-refractivity contribution is -0.167. The Balaban J connectivity index is 4.32. The van der Waals surface area contributed by atoms with Gasteiger partial charge in [-0.15, -0.1) is 0 Å². The summed E-state index contributed by atoms with van der Waals surface area (Å²) in [6, 6.07) is 0. The molecule has 6 heteroatoms. The Labute approximate surface area is 385 Å². The van der Waals surface area contributed by atoms with E-state index in [1.807, 2.05) is 0 Å². The number of esters is 3. The van der Waals surface area contributed by atoms with Gasteiger partial charge in [0.25, 0.3) is 0 Å². The number of ether oxygens (including phenoxy) is 3. The Morgan fingerprint density at radius 2 is 0.548 bits per heavy atom. The van der Waals surface area contributed by atoms with Crippen molar-refractivity contribution < 1.29 is 28.6 Å². The maximum atomic E-state index is 12.8. The number of hydrogen-bond acceptors (Lipinski definition) is 6. The average Bonchev–Trinajstić information content (AvgIpc) is 3.27. The quantitative estimate of drug-likeness (QED) is 0.0262. The normalized spacial score (nSPS) is 12.1. The summed E-state index contributed by atoms with van der Waals surface area (Å²) >= 11 is 0. The van der Waals surface area contributed by atoms with Gasteiger partial charge in [0.15, 0.2) is 6.10 Å². The van der Waals surface area contributed by atoms with Gasteiger partial charge in [-0.25, -0.2) is 0 Å². The van der Waals surface area contributed by atoms with Gasteiger partial charge in [0, 0.05) is 19.3 Å². The summed E-state index contributed by atoms with van der Waals surface area (Å²) < 4.78 is 16.8. The SMILES string of the molecule is CCCC/C=C\CCCCCCCC(=O)OCC(COC(=O)CCCCCCCCCCCCCCCCCCC)OC(=O)CCCCCCC/C=C\CCCCCCCCC. The van der Waals surface area contributed by atoms with Crippen LogP contribution in [-0.2, 0) is 28.6 Å². The molecule has 1 unspecified atom stereocenters. The van der Waals surface area contributed by atoms with Crippen LogP contribution in [0.1, 0.15) is 297 Å². The van der Waals surface area contributed by atoms with Gasteiger partial charge in [0.1, 0.15) is 13.2 Å². The first kappa shape index (κ1) is 59.9. The molecule has 364 valence electrons. The minimum absolute atomic E-state index is 0.0732. The van der Waals surface area contributed by atoms with Gasteiger partial charge in [-0.05, 0) is 64.2 Å². The van der Waals surface area contributed by atoms with E-state index in [1.54, 1.807) is 0 Å². The number of carbonyl (C=O) groups is 3. The van der Waals surface area contributed by atoms with Crippen molar-refractivity contribution in [2.24, 2.45) is 0 Å². The second kappa shape index (κ2) is 51.5. The van der Waals surface area contributed by atoms with Crippen LogP contribution in [0.5, 0.6) is 0 Å². The van der Waals surface area contributed by atoms with Crippen LogP contribution in [0.2, 0.25) is 0 Å². The Kier molecular flexibility index (Phi) is 49.8. The van der Waals surface area contributed by atoms with Crippen LogP contribution in [-0.4, -0.2) is 37.2 Å². The first-order valence-corrected chi connectivity index (χ1v) is 27.3. The van der Waals surface area contributed by atoms with Gasteiger partial charge in [-0.2, -0.15) is 0 Å². The van der Waals surface area contributed by atoms with Crippen molar-refractivity contribution in [1.29, 1.82) is 0 Å². The Morgan fingerprint density at radius 1 is 0.306 bits per heavy atom. The lowest BCUT2D eigenvalue weighted by Gasteiger charge is -2.18. The topological polar surface area (TPSA) is 78.9 Å². The molecule has 0 aliphatic heterocycles. The molecule has 0 aliphatic carbocycles. The van der Waals surface area contributed by atoms with Gasteiger partial charge < -0.3 is 14.2 Å². The maximum absolute atomic E-state index is 12.8. The molecule has 0 fully saturated rings. The van der Waals surface area contributed by atoms with Crippen LogP contribution in [0.4, 0.5) is 0 Å². The number of allylic oxidation sites excluding steroid dienone is 4. The third-order valence-electron chi connectivity index (χ3n) is 12.2. The molecule has 62 heavy (non-hydrogen) atoms. The Morgan fingerprint density at radius 3 is 0.855 bits per heavy atom. The van der Waals surface area contributed by atoms with Gasteiger partial charge >= 0.3 is 17.9 Å². The summed E-state index contributed by atoms with van der Waals surface area (Å²) in [7, 11) is 0. The van der Waals surface area contributed by atoms with Crippen molar-refractivity contribution in [2.75, 3.05) is 13.2 Å². The average molecular weight is 873 g/mol. The van der Waals surface area contributed by atoms with E-state index < -0.39 is 6.10 Å². The van der Waals surface area contributed by atoms with E-state index in [-0.39, 0.29) is 31.1 Å². The zero-order valence-electron chi connectivity index (χ0n) is 41.7. The third-order valence-corrected chi connectivity index (χ3v) is 12.2. The van der Waals surface area contributed by atoms with E-state index in [1.165, 1.54) is 186 Å². The van der Waals surface area contributed by atoms with Crippen molar-refractivity contribution in [1.82, 2.24) is 0 Å². The fourth-order valence-electron chi connectivity index (χ4n) is 8.01. The second-order valence-corrected chi connectivity index (χ2v) is 18.5.